The molecule has 0 heterocycles. The first kappa shape index (κ1) is 31.4. The SMILES string of the molecule is C#Cc1ccccc1C(C(=O)Nc1c(C)cccc1C)N(CCCC)C(=O)C(NC(=O)OC(C)(C)C)C(C)C. The Morgan fingerprint density at radius 3 is 2.18 bits per heavy atom. The van der Waals surface area contributed by atoms with Crippen molar-refractivity contribution in [2.24, 2.45) is 5.92 Å². The maximum atomic E-state index is 14.2. The van der Waals surface area contributed by atoms with Gasteiger partial charge in [0.05, 0.1) is 0 Å². The van der Waals surface area contributed by atoms with Crippen LogP contribution in [0.15, 0.2) is 42.5 Å². The molecule has 0 aromatic heterocycles. The minimum Gasteiger partial charge on any atom is -0.444 e. The number of alkyl carbamates (subject to hydrolysis) is 1. The van der Waals surface area contributed by atoms with E-state index in [2.05, 4.69) is 16.6 Å². The zero-order chi connectivity index (χ0) is 29.3. The lowest BCUT2D eigenvalue weighted by molar-refractivity contribution is -0.141. The molecule has 0 saturated carbocycles. The monoisotopic (exact) mass is 533 g/mol. The van der Waals surface area contributed by atoms with Gasteiger partial charge in [-0.1, -0.05) is 69.5 Å². The summed E-state index contributed by atoms with van der Waals surface area (Å²) < 4.78 is 5.44. The molecule has 0 aliphatic heterocycles. The highest BCUT2D eigenvalue weighted by molar-refractivity contribution is 6.00. The topological polar surface area (TPSA) is 87.7 Å². The number of hydrogen-bond donors (Lipinski definition) is 2. The summed E-state index contributed by atoms with van der Waals surface area (Å²) in [4.78, 5) is 42.6. The second kappa shape index (κ2) is 13.8. The highest BCUT2D eigenvalue weighted by Crippen LogP contribution is 2.29. The molecule has 2 rings (SSSR count). The summed E-state index contributed by atoms with van der Waals surface area (Å²) in [5, 5.41) is 5.81. The molecule has 7 heteroatoms. The standard InChI is InChI=1S/C32H43N3O4/c1-10-12-20-35(30(37)26(21(3)4)34-31(38)39-32(7,8)9)28(25-19-14-13-18-24(25)11-2)29(36)33-27-22(5)16-15-17-23(27)6/h2,13-19,21,26,28H,10,12,20H2,1,3-9H3,(H,33,36)(H,34,38). The number of para-hydroxylation sites is 1. The van der Waals surface area contributed by atoms with Crippen molar-refractivity contribution in [2.75, 3.05) is 11.9 Å². The second-order valence-corrected chi connectivity index (χ2v) is 11.1. The van der Waals surface area contributed by atoms with Gasteiger partial charge < -0.3 is 20.3 Å². The Kier molecular flexibility index (Phi) is 11.2. The first-order valence-corrected chi connectivity index (χ1v) is 13.5. The van der Waals surface area contributed by atoms with E-state index in [9.17, 15) is 14.4 Å². The van der Waals surface area contributed by atoms with Crippen molar-refractivity contribution in [3.8, 4) is 12.3 Å². The van der Waals surface area contributed by atoms with Crippen LogP contribution in [0.3, 0.4) is 0 Å². The third-order valence-electron chi connectivity index (χ3n) is 6.34. The number of nitrogens with one attached hydrogen (secondary N) is 2. The lowest BCUT2D eigenvalue weighted by atomic mass is 9.95. The van der Waals surface area contributed by atoms with Crippen LogP contribution in [0.1, 0.15) is 82.7 Å². The zero-order valence-corrected chi connectivity index (χ0v) is 24.6. The Hall–Kier alpha value is -3.79. The number of carbonyl (C=O) groups is 3. The van der Waals surface area contributed by atoms with Gasteiger partial charge in [-0.2, -0.15) is 0 Å². The third-order valence-corrected chi connectivity index (χ3v) is 6.34. The van der Waals surface area contributed by atoms with Gasteiger partial charge in [-0.05, 0) is 69.7 Å². The van der Waals surface area contributed by atoms with Crippen molar-refractivity contribution in [3.05, 3.63) is 64.7 Å². The summed E-state index contributed by atoms with van der Waals surface area (Å²) in [5.41, 5.74) is 2.86. The molecule has 0 radical (unpaired) electrons. The molecule has 2 aromatic rings. The van der Waals surface area contributed by atoms with Crippen molar-refractivity contribution in [3.63, 3.8) is 0 Å². The summed E-state index contributed by atoms with van der Waals surface area (Å²) >= 11 is 0. The number of aryl methyl sites for hydroxylation is 2. The van der Waals surface area contributed by atoms with Crippen LogP contribution in [0.2, 0.25) is 0 Å². The quantitative estimate of drug-likeness (QED) is 0.359. The largest absolute Gasteiger partial charge is 0.444 e. The van der Waals surface area contributed by atoms with Crippen LogP contribution in [0.25, 0.3) is 0 Å². The van der Waals surface area contributed by atoms with Crippen LogP contribution in [0, 0.1) is 32.1 Å². The van der Waals surface area contributed by atoms with Crippen LogP contribution < -0.4 is 10.6 Å². The summed E-state index contributed by atoms with van der Waals surface area (Å²) in [6.45, 7) is 15.1. The lowest BCUT2D eigenvalue weighted by Gasteiger charge is -2.36. The average molecular weight is 534 g/mol. The number of terminal acetylenes is 1. The van der Waals surface area contributed by atoms with E-state index in [-0.39, 0.29) is 17.7 Å². The molecule has 0 saturated heterocycles. The van der Waals surface area contributed by atoms with Crippen LogP contribution >= 0.6 is 0 Å². The number of hydrogen-bond acceptors (Lipinski definition) is 4. The first-order valence-electron chi connectivity index (χ1n) is 13.5. The van der Waals surface area contributed by atoms with E-state index in [0.29, 0.717) is 29.8 Å². The molecule has 210 valence electrons. The van der Waals surface area contributed by atoms with Crippen molar-refractivity contribution in [1.29, 1.82) is 0 Å². The molecular weight excluding hydrogens is 490 g/mol. The molecule has 2 N–H and O–H groups in total. The van der Waals surface area contributed by atoms with Crippen molar-refractivity contribution in [2.45, 2.75) is 85.9 Å². The smallest absolute Gasteiger partial charge is 0.408 e. The fourth-order valence-electron chi connectivity index (χ4n) is 4.34. The van der Waals surface area contributed by atoms with Crippen molar-refractivity contribution < 1.29 is 19.1 Å². The first-order chi connectivity index (χ1) is 18.3. The van der Waals surface area contributed by atoms with Gasteiger partial charge in [0, 0.05) is 17.8 Å². The van der Waals surface area contributed by atoms with Gasteiger partial charge in [-0.15, -0.1) is 6.42 Å². The number of unbranched alkanes of at least 4 members (excludes halogenated alkanes) is 1. The molecule has 3 amide bonds. The molecule has 2 unspecified atom stereocenters. The molecule has 0 spiro atoms. The second-order valence-electron chi connectivity index (χ2n) is 11.1. The molecule has 2 aromatic carbocycles. The molecular formula is C32H43N3O4. The van der Waals surface area contributed by atoms with Gasteiger partial charge in [-0.25, -0.2) is 4.79 Å². The van der Waals surface area contributed by atoms with E-state index in [1.807, 2.05) is 52.8 Å². The highest BCUT2D eigenvalue weighted by atomic mass is 16.6. The van der Waals surface area contributed by atoms with Gasteiger partial charge in [-0.3, -0.25) is 9.59 Å². The Bertz CT molecular complexity index is 1190. The molecule has 0 aliphatic carbocycles. The maximum Gasteiger partial charge on any atom is 0.408 e. The number of amides is 3. The molecule has 39 heavy (non-hydrogen) atoms. The van der Waals surface area contributed by atoms with Crippen LogP contribution in [0.5, 0.6) is 0 Å². The Balaban J connectivity index is 2.62. The number of nitrogens with zero attached hydrogens (tertiary/aromatic N) is 1. The molecule has 2 atom stereocenters. The number of ether oxygens (including phenoxy) is 1. The minimum absolute atomic E-state index is 0.264. The number of benzene rings is 2. The number of rotatable bonds is 10. The molecule has 7 nitrogen and oxygen atoms in total. The summed E-state index contributed by atoms with van der Waals surface area (Å²) in [7, 11) is 0. The van der Waals surface area contributed by atoms with E-state index >= 15 is 0 Å². The van der Waals surface area contributed by atoms with Crippen molar-refractivity contribution in [1.82, 2.24) is 10.2 Å². The van der Waals surface area contributed by atoms with Gasteiger partial charge in [0.1, 0.15) is 17.7 Å². The summed E-state index contributed by atoms with van der Waals surface area (Å²) in [6.07, 6.45) is 6.61. The maximum absolute atomic E-state index is 14.2. The number of carbonyl (C=O) groups excluding carboxylic acids is 3. The van der Waals surface area contributed by atoms with Gasteiger partial charge in [0.15, 0.2) is 0 Å². The average Bonchev–Trinajstić information content (AvgIpc) is 2.85. The van der Waals surface area contributed by atoms with E-state index < -0.39 is 23.8 Å². The lowest BCUT2D eigenvalue weighted by Crippen LogP contribution is -2.54. The third kappa shape index (κ3) is 8.61. The van der Waals surface area contributed by atoms with Crippen LogP contribution in [-0.4, -0.2) is 41.0 Å². The van der Waals surface area contributed by atoms with Crippen molar-refractivity contribution >= 4 is 23.6 Å². The Morgan fingerprint density at radius 1 is 1.03 bits per heavy atom. The van der Waals surface area contributed by atoms with Gasteiger partial charge in [0.2, 0.25) is 5.91 Å². The van der Waals surface area contributed by atoms with E-state index in [1.165, 1.54) is 0 Å². The summed E-state index contributed by atoms with van der Waals surface area (Å²) in [5.74, 6) is 1.65. The van der Waals surface area contributed by atoms with Gasteiger partial charge in [0.25, 0.3) is 5.91 Å². The van der Waals surface area contributed by atoms with Crippen LogP contribution in [0.4, 0.5) is 10.5 Å². The van der Waals surface area contributed by atoms with E-state index in [1.54, 1.807) is 49.9 Å². The van der Waals surface area contributed by atoms with E-state index in [0.717, 1.165) is 17.5 Å². The number of anilines is 1. The molecule has 0 bridgehead atoms. The highest BCUT2D eigenvalue weighted by Gasteiger charge is 2.38. The summed E-state index contributed by atoms with van der Waals surface area (Å²) in [6, 6.07) is 11.0. The predicted octanol–water partition coefficient (Wildman–Crippen LogP) is 6.14. The fourth-order valence-corrected chi connectivity index (χ4v) is 4.34. The zero-order valence-electron chi connectivity index (χ0n) is 24.6. The Morgan fingerprint density at radius 2 is 1.64 bits per heavy atom. The molecule has 0 aliphatic rings. The fraction of sp³-hybridized carbons (Fsp3) is 0.469. The van der Waals surface area contributed by atoms with Crippen LogP contribution in [-0.2, 0) is 14.3 Å². The Labute approximate surface area is 233 Å². The normalized spacial score (nSPS) is 12.7. The molecule has 0 fully saturated rings. The predicted molar refractivity (Wildman–Crippen MR) is 156 cm³/mol. The van der Waals surface area contributed by atoms with E-state index in [4.69, 9.17) is 11.2 Å². The minimum atomic E-state index is -1.02. The van der Waals surface area contributed by atoms with Gasteiger partial charge >= 0.3 is 6.09 Å².